The van der Waals surface area contributed by atoms with Crippen molar-refractivity contribution in [1.82, 2.24) is 14.9 Å². The van der Waals surface area contributed by atoms with E-state index >= 15 is 0 Å². The third-order valence-electron chi connectivity index (χ3n) is 3.34. The van der Waals surface area contributed by atoms with Gasteiger partial charge in [-0.1, -0.05) is 19.1 Å². The van der Waals surface area contributed by atoms with E-state index in [-0.39, 0.29) is 11.8 Å². The average molecular weight is 291 g/mol. The fraction of sp³-hybridized carbons (Fsp3) is 0.467. The van der Waals surface area contributed by atoms with Crippen LogP contribution in [-0.4, -0.2) is 46.4 Å². The van der Waals surface area contributed by atoms with Crippen LogP contribution in [-0.2, 0) is 11.2 Å². The van der Waals surface area contributed by atoms with Crippen molar-refractivity contribution in [3.8, 4) is 0 Å². The van der Waals surface area contributed by atoms with Crippen molar-refractivity contribution in [3.63, 3.8) is 0 Å². The van der Waals surface area contributed by atoms with E-state index in [1.165, 1.54) is 0 Å². The fourth-order valence-corrected chi connectivity index (χ4v) is 2.85. The first-order valence-electron chi connectivity index (χ1n) is 6.79. The van der Waals surface area contributed by atoms with Gasteiger partial charge in [0.05, 0.1) is 11.0 Å². The van der Waals surface area contributed by atoms with E-state index < -0.39 is 0 Å². The van der Waals surface area contributed by atoms with Crippen LogP contribution < -0.4 is 0 Å². The van der Waals surface area contributed by atoms with Crippen LogP contribution in [0.5, 0.6) is 0 Å². The third kappa shape index (κ3) is 3.54. The monoisotopic (exact) mass is 291 g/mol. The molecule has 5 heteroatoms. The molecule has 0 fully saturated rings. The van der Waals surface area contributed by atoms with Gasteiger partial charge < -0.3 is 9.88 Å². The number of aromatic amines is 1. The number of para-hydroxylation sites is 2. The van der Waals surface area contributed by atoms with Crippen LogP contribution in [0, 0.1) is 5.92 Å². The van der Waals surface area contributed by atoms with E-state index in [0.29, 0.717) is 6.54 Å². The maximum Gasteiger partial charge on any atom is 0.225 e. The van der Waals surface area contributed by atoms with Crippen molar-refractivity contribution in [2.75, 3.05) is 25.6 Å². The summed E-state index contributed by atoms with van der Waals surface area (Å²) in [4.78, 5) is 21.7. The largest absolute Gasteiger partial charge is 0.345 e. The van der Waals surface area contributed by atoms with E-state index in [1.807, 2.05) is 44.5 Å². The Balaban J connectivity index is 1.92. The molecule has 1 N–H and O–H groups in total. The number of H-pyrrole nitrogens is 1. The summed E-state index contributed by atoms with van der Waals surface area (Å²) >= 11 is 1.71. The summed E-state index contributed by atoms with van der Waals surface area (Å²) in [6.45, 7) is 2.67. The quantitative estimate of drug-likeness (QED) is 0.890. The van der Waals surface area contributed by atoms with Crippen LogP contribution in [0.2, 0.25) is 0 Å². The van der Waals surface area contributed by atoms with Gasteiger partial charge in [0.15, 0.2) is 0 Å². The van der Waals surface area contributed by atoms with Crippen LogP contribution in [0.1, 0.15) is 12.7 Å². The SMILES string of the molecule is CSCC(C)C(=O)N(C)CCc1nc2ccccc2[nH]1. The number of carbonyl (C=O) groups excluding carboxylic acids is 1. The zero-order valence-electron chi connectivity index (χ0n) is 12.2. The number of benzene rings is 1. The Kier molecular flexibility index (Phi) is 5.06. The molecule has 2 aromatic rings. The number of thioether (sulfide) groups is 1. The van der Waals surface area contributed by atoms with Crippen molar-refractivity contribution in [1.29, 1.82) is 0 Å². The number of imidazole rings is 1. The van der Waals surface area contributed by atoms with Crippen LogP contribution in [0.25, 0.3) is 11.0 Å². The summed E-state index contributed by atoms with van der Waals surface area (Å²) in [5, 5.41) is 0. The first-order chi connectivity index (χ1) is 9.61. The van der Waals surface area contributed by atoms with Gasteiger partial charge in [-0.15, -0.1) is 0 Å². The molecule has 0 radical (unpaired) electrons. The van der Waals surface area contributed by atoms with Crippen molar-refractivity contribution in [3.05, 3.63) is 30.1 Å². The van der Waals surface area contributed by atoms with Crippen LogP contribution in [0.3, 0.4) is 0 Å². The van der Waals surface area contributed by atoms with Gasteiger partial charge in [0.25, 0.3) is 0 Å². The standard InChI is InChI=1S/C15H21N3OS/c1-11(10-20-3)15(19)18(2)9-8-14-16-12-6-4-5-7-13(12)17-14/h4-7,11H,8-10H2,1-3H3,(H,16,17). The van der Waals surface area contributed by atoms with E-state index in [0.717, 1.165) is 29.0 Å². The molecule has 1 amide bonds. The number of aromatic nitrogens is 2. The molecule has 0 aliphatic heterocycles. The Bertz CT molecular complexity index is 548. The van der Waals surface area contributed by atoms with Crippen molar-refractivity contribution in [2.45, 2.75) is 13.3 Å². The lowest BCUT2D eigenvalue weighted by molar-refractivity contribution is -0.132. The number of rotatable bonds is 6. The van der Waals surface area contributed by atoms with Gasteiger partial charge in [-0.3, -0.25) is 4.79 Å². The summed E-state index contributed by atoms with van der Waals surface area (Å²) in [5.41, 5.74) is 2.03. The third-order valence-corrected chi connectivity index (χ3v) is 4.17. The fourth-order valence-electron chi connectivity index (χ4n) is 2.21. The molecular formula is C15H21N3OS. The molecule has 20 heavy (non-hydrogen) atoms. The second-order valence-electron chi connectivity index (χ2n) is 5.07. The normalized spacial score (nSPS) is 12.6. The topological polar surface area (TPSA) is 49.0 Å². The number of hydrogen-bond donors (Lipinski definition) is 1. The van der Waals surface area contributed by atoms with Gasteiger partial charge in [0.2, 0.25) is 5.91 Å². The Hall–Kier alpha value is -1.49. The molecule has 0 saturated carbocycles. The number of hydrogen-bond acceptors (Lipinski definition) is 3. The molecule has 0 bridgehead atoms. The number of amides is 1. The number of carbonyl (C=O) groups is 1. The van der Waals surface area contributed by atoms with Crippen molar-refractivity contribution >= 4 is 28.7 Å². The Morgan fingerprint density at radius 2 is 2.20 bits per heavy atom. The average Bonchev–Trinajstić information content (AvgIpc) is 2.87. The Morgan fingerprint density at radius 1 is 1.45 bits per heavy atom. The molecule has 0 saturated heterocycles. The maximum absolute atomic E-state index is 12.1. The number of nitrogens with one attached hydrogen (secondary N) is 1. The highest BCUT2D eigenvalue weighted by molar-refractivity contribution is 7.98. The summed E-state index contributed by atoms with van der Waals surface area (Å²) in [5.74, 6) is 2.08. The highest BCUT2D eigenvalue weighted by atomic mass is 32.2. The first-order valence-corrected chi connectivity index (χ1v) is 8.18. The molecule has 1 aromatic carbocycles. The Morgan fingerprint density at radius 3 is 2.90 bits per heavy atom. The summed E-state index contributed by atoms with van der Waals surface area (Å²) in [6.07, 6.45) is 2.78. The van der Waals surface area contributed by atoms with Gasteiger partial charge in [-0.2, -0.15) is 11.8 Å². The minimum Gasteiger partial charge on any atom is -0.345 e. The van der Waals surface area contributed by atoms with Gasteiger partial charge in [-0.05, 0) is 18.4 Å². The van der Waals surface area contributed by atoms with Crippen LogP contribution in [0.4, 0.5) is 0 Å². The molecule has 1 atom stereocenters. The number of likely N-dealkylation sites (N-methyl/N-ethyl adjacent to an activating group) is 1. The van der Waals surface area contributed by atoms with Crippen molar-refractivity contribution < 1.29 is 4.79 Å². The van der Waals surface area contributed by atoms with E-state index in [4.69, 9.17) is 0 Å². The zero-order valence-corrected chi connectivity index (χ0v) is 13.0. The second-order valence-corrected chi connectivity index (χ2v) is 5.98. The Labute approximate surface area is 124 Å². The molecule has 4 nitrogen and oxygen atoms in total. The molecule has 1 aromatic heterocycles. The number of nitrogens with zero attached hydrogens (tertiary/aromatic N) is 2. The molecule has 0 spiro atoms. The predicted molar refractivity (Wildman–Crippen MR) is 85.0 cm³/mol. The molecule has 0 aliphatic carbocycles. The summed E-state index contributed by atoms with van der Waals surface area (Å²) in [6, 6.07) is 7.97. The molecule has 108 valence electrons. The summed E-state index contributed by atoms with van der Waals surface area (Å²) in [7, 11) is 1.86. The lowest BCUT2D eigenvalue weighted by atomic mass is 10.2. The second kappa shape index (κ2) is 6.79. The van der Waals surface area contributed by atoms with Gasteiger partial charge >= 0.3 is 0 Å². The minimum absolute atomic E-state index is 0.0747. The lowest BCUT2D eigenvalue weighted by Crippen LogP contribution is -2.34. The van der Waals surface area contributed by atoms with Gasteiger partial charge in [0, 0.05) is 31.7 Å². The zero-order chi connectivity index (χ0) is 14.5. The number of fused-ring (bicyclic) bond motifs is 1. The predicted octanol–water partition coefficient (Wildman–Crippen LogP) is 2.56. The van der Waals surface area contributed by atoms with Gasteiger partial charge in [-0.25, -0.2) is 4.98 Å². The molecule has 1 heterocycles. The van der Waals surface area contributed by atoms with Crippen molar-refractivity contribution in [2.24, 2.45) is 5.92 Å². The maximum atomic E-state index is 12.1. The first kappa shape index (κ1) is 14.9. The van der Waals surface area contributed by atoms with Crippen LogP contribution >= 0.6 is 11.8 Å². The van der Waals surface area contributed by atoms with E-state index in [2.05, 4.69) is 9.97 Å². The van der Waals surface area contributed by atoms with Gasteiger partial charge in [0.1, 0.15) is 5.82 Å². The molecular weight excluding hydrogens is 270 g/mol. The highest BCUT2D eigenvalue weighted by Gasteiger charge is 2.17. The summed E-state index contributed by atoms with van der Waals surface area (Å²) < 4.78 is 0. The highest BCUT2D eigenvalue weighted by Crippen LogP contribution is 2.12. The van der Waals surface area contributed by atoms with Crippen LogP contribution in [0.15, 0.2) is 24.3 Å². The molecule has 0 aliphatic rings. The van der Waals surface area contributed by atoms with E-state index in [9.17, 15) is 4.79 Å². The molecule has 2 rings (SSSR count). The van der Waals surface area contributed by atoms with E-state index in [1.54, 1.807) is 16.7 Å². The minimum atomic E-state index is 0.0747. The smallest absolute Gasteiger partial charge is 0.225 e. The molecule has 1 unspecified atom stereocenters. The lowest BCUT2D eigenvalue weighted by Gasteiger charge is -2.20.